The van der Waals surface area contributed by atoms with Gasteiger partial charge in [-0.25, -0.2) is 0 Å². The Morgan fingerprint density at radius 1 is 0.667 bits per heavy atom. The Morgan fingerprint density at radius 2 is 1.19 bits per heavy atom. The maximum absolute atomic E-state index is 2.55. The largest absolute Gasteiger partial charge is 0.304 e. The topological polar surface area (TPSA) is 3.24 Å². The quantitative estimate of drug-likeness (QED) is 0.354. The molecular formula is C20H41N. The Hall–Kier alpha value is -0.0400. The molecule has 0 N–H and O–H groups in total. The van der Waals surface area contributed by atoms with Crippen molar-refractivity contribution in [2.45, 2.75) is 104 Å². The van der Waals surface area contributed by atoms with Crippen molar-refractivity contribution in [2.75, 3.05) is 19.6 Å². The van der Waals surface area contributed by atoms with Crippen LogP contribution in [0.3, 0.4) is 0 Å². The van der Waals surface area contributed by atoms with Crippen molar-refractivity contribution in [3.63, 3.8) is 0 Å². The van der Waals surface area contributed by atoms with Crippen molar-refractivity contribution in [1.29, 1.82) is 0 Å². The fourth-order valence-electron chi connectivity index (χ4n) is 3.84. The lowest BCUT2D eigenvalue weighted by Gasteiger charge is -2.21. The van der Waals surface area contributed by atoms with Crippen molar-refractivity contribution >= 4 is 0 Å². The van der Waals surface area contributed by atoms with Crippen LogP contribution in [0.5, 0.6) is 0 Å². The first kappa shape index (κ1) is 19.0. The minimum atomic E-state index is 1.10. The zero-order valence-electron chi connectivity index (χ0n) is 15.0. The van der Waals surface area contributed by atoms with E-state index in [-0.39, 0.29) is 0 Å². The summed E-state index contributed by atoms with van der Waals surface area (Å²) < 4.78 is 0. The number of hydrogen-bond acceptors (Lipinski definition) is 1. The van der Waals surface area contributed by atoms with Gasteiger partial charge in [-0.15, -0.1) is 0 Å². The summed E-state index contributed by atoms with van der Waals surface area (Å²) in [4.78, 5) is 2.55. The Kier molecular flexibility index (Phi) is 12.3. The first-order chi connectivity index (χ1) is 10.4. The van der Waals surface area contributed by atoms with Gasteiger partial charge in [0.05, 0.1) is 0 Å². The van der Waals surface area contributed by atoms with Gasteiger partial charge in [0.15, 0.2) is 0 Å². The molecule has 1 nitrogen and oxygen atoms in total. The minimum Gasteiger partial charge on any atom is -0.304 e. The van der Waals surface area contributed by atoms with E-state index in [1.54, 1.807) is 0 Å². The van der Waals surface area contributed by atoms with Crippen LogP contribution in [0.2, 0.25) is 0 Å². The fourth-order valence-corrected chi connectivity index (χ4v) is 3.84. The number of nitrogens with zero attached hydrogens (tertiary/aromatic N) is 1. The molecule has 0 radical (unpaired) electrons. The van der Waals surface area contributed by atoms with Gasteiger partial charge in [-0.1, -0.05) is 97.3 Å². The molecule has 21 heavy (non-hydrogen) atoms. The molecule has 0 aliphatic heterocycles. The van der Waals surface area contributed by atoms with E-state index in [0.29, 0.717) is 0 Å². The lowest BCUT2D eigenvalue weighted by molar-refractivity contribution is 0.295. The third kappa shape index (κ3) is 10.3. The van der Waals surface area contributed by atoms with Crippen LogP contribution in [0.4, 0.5) is 0 Å². The summed E-state index contributed by atoms with van der Waals surface area (Å²) in [5.41, 5.74) is 0. The first-order valence-corrected chi connectivity index (χ1v) is 10.1. The monoisotopic (exact) mass is 295 g/mol. The SMILES string of the molecule is CCN(CC)CCCCCCCCCCC1CCCCC1. The normalized spacial score (nSPS) is 16.7. The van der Waals surface area contributed by atoms with Gasteiger partial charge in [0.1, 0.15) is 0 Å². The van der Waals surface area contributed by atoms with Gasteiger partial charge < -0.3 is 4.90 Å². The molecule has 1 heteroatoms. The summed E-state index contributed by atoms with van der Waals surface area (Å²) >= 11 is 0. The van der Waals surface area contributed by atoms with Crippen molar-refractivity contribution in [2.24, 2.45) is 5.92 Å². The smallest absolute Gasteiger partial charge is 0.00190 e. The Balaban J connectivity index is 1.76. The highest BCUT2D eigenvalue weighted by molar-refractivity contribution is 4.65. The predicted octanol–water partition coefficient (Wildman–Crippen LogP) is 6.42. The van der Waals surface area contributed by atoms with Crippen LogP contribution in [0.1, 0.15) is 104 Å². The van der Waals surface area contributed by atoms with E-state index in [9.17, 15) is 0 Å². The van der Waals surface area contributed by atoms with Crippen LogP contribution in [0.25, 0.3) is 0 Å². The molecule has 0 aromatic carbocycles. The molecule has 1 aliphatic rings. The Bertz CT molecular complexity index is 204. The molecule has 0 spiro atoms. The maximum Gasteiger partial charge on any atom is -0.00190 e. The van der Waals surface area contributed by atoms with Gasteiger partial charge in [-0.2, -0.15) is 0 Å². The van der Waals surface area contributed by atoms with Gasteiger partial charge in [0, 0.05) is 0 Å². The molecule has 0 amide bonds. The van der Waals surface area contributed by atoms with Crippen LogP contribution in [-0.2, 0) is 0 Å². The van der Waals surface area contributed by atoms with E-state index in [2.05, 4.69) is 18.7 Å². The molecule has 1 saturated carbocycles. The second-order valence-electron chi connectivity index (χ2n) is 7.15. The molecule has 126 valence electrons. The van der Waals surface area contributed by atoms with Crippen LogP contribution in [0, 0.1) is 5.92 Å². The fraction of sp³-hybridized carbons (Fsp3) is 1.00. The highest BCUT2D eigenvalue weighted by Crippen LogP contribution is 2.28. The van der Waals surface area contributed by atoms with E-state index in [1.807, 2.05) is 0 Å². The standard InChI is InChI=1S/C20H41N/c1-3-21(4-2)19-15-10-8-6-5-7-9-12-16-20-17-13-11-14-18-20/h20H,3-19H2,1-2H3. The lowest BCUT2D eigenvalue weighted by atomic mass is 9.85. The zero-order chi connectivity index (χ0) is 15.2. The molecule has 0 atom stereocenters. The van der Waals surface area contributed by atoms with Gasteiger partial charge in [0.25, 0.3) is 0 Å². The average molecular weight is 296 g/mol. The molecule has 1 fully saturated rings. The maximum atomic E-state index is 2.55. The van der Waals surface area contributed by atoms with Gasteiger partial charge in [-0.3, -0.25) is 0 Å². The second kappa shape index (κ2) is 13.6. The third-order valence-electron chi connectivity index (χ3n) is 5.46. The summed E-state index contributed by atoms with van der Waals surface area (Å²) in [6, 6.07) is 0. The second-order valence-corrected chi connectivity index (χ2v) is 7.15. The zero-order valence-corrected chi connectivity index (χ0v) is 15.0. The Morgan fingerprint density at radius 3 is 1.76 bits per heavy atom. The molecule has 1 rings (SSSR count). The van der Waals surface area contributed by atoms with E-state index < -0.39 is 0 Å². The highest BCUT2D eigenvalue weighted by atomic mass is 15.1. The number of hydrogen-bond donors (Lipinski definition) is 0. The minimum absolute atomic E-state index is 1.10. The summed E-state index contributed by atoms with van der Waals surface area (Å²) in [5, 5.41) is 0. The van der Waals surface area contributed by atoms with E-state index in [1.165, 1.54) is 110 Å². The van der Waals surface area contributed by atoms with Crippen LogP contribution in [0.15, 0.2) is 0 Å². The van der Waals surface area contributed by atoms with Gasteiger partial charge in [-0.05, 0) is 32.0 Å². The highest BCUT2D eigenvalue weighted by Gasteiger charge is 2.12. The van der Waals surface area contributed by atoms with Crippen molar-refractivity contribution in [1.82, 2.24) is 4.90 Å². The molecule has 0 aromatic heterocycles. The summed E-state index contributed by atoms with van der Waals surface area (Å²) in [5.74, 6) is 1.10. The van der Waals surface area contributed by atoms with Gasteiger partial charge in [0.2, 0.25) is 0 Å². The summed E-state index contributed by atoms with van der Waals surface area (Å²) in [6.07, 6.45) is 20.9. The van der Waals surface area contributed by atoms with E-state index >= 15 is 0 Å². The van der Waals surface area contributed by atoms with Crippen LogP contribution >= 0.6 is 0 Å². The molecular weight excluding hydrogens is 254 g/mol. The molecule has 0 unspecified atom stereocenters. The van der Waals surface area contributed by atoms with Crippen molar-refractivity contribution in [3.05, 3.63) is 0 Å². The van der Waals surface area contributed by atoms with E-state index in [4.69, 9.17) is 0 Å². The summed E-state index contributed by atoms with van der Waals surface area (Å²) in [6.45, 7) is 8.30. The summed E-state index contributed by atoms with van der Waals surface area (Å²) in [7, 11) is 0. The Labute approximate surface area is 134 Å². The van der Waals surface area contributed by atoms with E-state index in [0.717, 1.165) is 5.92 Å². The molecule has 0 saturated heterocycles. The molecule has 0 aromatic rings. The lowest BCUT2D eigenvalue weighted by Crippen LogP contribution is -2.23. The number of unbranched alkanes of at least 4 members (excludes halogenated alkanes) is 7. The predicted molar refractivity (Wildman–Crippen MR) is 95.9 cm³/mol. The van der Waals surface area contributed by atoms with Crippen molar-refractivity contribution in [3.8, 4) is 0 Å². The first-order valence-electron chi connectivity index (χ1n) is 10.1. The third-order valence-corrected chi connectivity index (χ3v) is 5.46. The molecule has 0 bridgehead atoms. The van der Waals surface area contributed by atoms with Crippen molar-refractivity contribution < 1.29 is 0 Å². The van der Waals surface area contributed by atoms with Gasteiger partial charge >= 0.3 is 0 Å². The number of rotatable bonds is 13. The molecule has 1 aliphatic carbocycles. The van der Waals surface area contributed by atoms with Crippen LogP contribution in [-0.4, -0.2) is 24.5 Å². The molecule has 0 heterocycles. The van der Waals surface area contributed by atoms with Crippen LogP contribution < -0.4 is 0 Å². The average Bonchev–Trinajstić information content (AvgIpc) is 2.54.